The molecule has 1 aromatic carbocycles. The summed E-state index contributed by atoms with van der Waals surface area (Å²) >= 11 is 0. The van der Waals surface area contributed by atoms with Gasteiger partial charge in [-0.1, -0.05) is 32.4 Å². The first kappa shape index (κ1) is 15.6. The number of carbonyl (C=O) groups excluding carboxylic acids is 1. The summed E-state index contributed by atoms with van der Waals surface area (Å²) in [6, 6.07) is 5.88. The molecule has 1 aromatic rings. The van der Waals surface area contributed by atoms with E-state index in [9.17, 15) is 4.79 Å². The van der Waals surface area contributed by atoms with Crippen molar-refractivity contribution in [3.8, 4) is 5.75 Å². The van der Waals surface area contributed by atoms with Gasteiger partial charge in [0.05, 0.1) is 5.69 Å². The fourth-order valence-electron chi connectivity index (χ4n) is 2.62. The Bertz CT molecular complexity index is 528. The molecule has 1 aliphatic heterocycles. The van der Waals surface area contributed by atoms with Gasteiger partial charge < -0.3 is 15.4 Å². The minimum Gasteiger partial charge on any atom is -0.478 e. The fraction of sp³-hybridized carbons (Fsp3) is 0.471. The van der Waals surface area contributed by atoms with Crippen LogP contribution in [0.2, 0.25) is 0 Å². The number of hydrogen-bond donors (Lipinski definition) is 1. The number of nitrogens with zero attached hydrogens (tertiary/aromatic N) is 1. The van der Waals surface area contributed by atoms with E-state index >= 15 is 0 Å². The lowest BCUT2D eigenvalue weighted by Crippen LogP contribution is -2.45. The molecule has 0 saturated heterocycles. The molecule has 0 bridgehead atoms. The van der Waals surface area contributed by atoms with Gasteiger partial charge in [0, 0.05) is 12.6 Å². The number of fused-ring (bicyclic) bond motifs is 1. The van der Waals surface area contributed by atoms with Gasteiger partial charge in [0.15, 0.2) is 6.10 Å². The number of ether oxygens (including phenoxy) is 1. The molecule has 1 amide bonds. The van der Waals surface area contributed by atoms with E-state index < -0.39 is 6.10 Å². The molecule has 0 saturated carbocycles. The summed E-state index contributed by atoms with van der Waals surface area (Å²) < 4.78 is 5.80. The Morgan fingerprint density at radius 2 is 2.24 bits per heavy atom. The van der Waals surface area contributed by atoms with E-state index in [0.29, 0.717) is 13.0 Å². The van der Waals surface area contributed by atoms with Crippen LogP contribution in [0.4, 0.5) is 5.69 Å². The summed E-state index contributed by atoms with van der Waals surface area (Å²) in [5.74, 6) is 0.738. The molecule has 0 aromatic heterocycles. The molecular formula is C17H24N2O2. The van der Waals surface area contributed by atoms with E-state index in [2.05, 4.69) is 13.5 Å². The van der Waals surface area contributed by atoms with Gasteiger partial charge in [0.1, 0.15) is 5.75 Å². The van der Waals surface area contributed by atoms with Crippen molar-refractivity contribution in [2.75, 3.05) is 11.4 Å². The highest BCUT2D eigenvalue weighted by molar-refractivity contribution is 6.00. The molecular weight excluding hydrogens is 264 g/mol. The predicted octanol–water partition coefficient (Wildman–Crippen LogP) is 3.18. The first-order valence-corrected chi connectivity index (χ1v) is 7.60. The summed E-state index contributed by atoms with van der Waals surface area (Å²) in [7, 11) is 0. The number of benzene rings is 1. The number of amides is 1. The van der Waals surface area contributed by atoms with Crippen LogP contribution in [-0.4, -0.2) is 18.6 Å². The molecule has 21 heavy (non-hydrogen) atoms. The average molecular weight is 288 g/mol. The van der Waals surface area contributed by atoms with Crippen molar-refractivity contribution < 1.29 is 9.53 Å². The Hall–Kier alpha value is -1.81. The highest BCUT2D eigenvalue weighted by Gasteiger charge is 2.32. The zero-order chi connectivity index (χ0) is 15.4. The first-order valence-electron chi connectivity index (χ1n) is 7.60. The van der Waals surface area contributed by atoms with E-state index in [4.69, 9.17) is 10.5 Å². The van der Waals surface area contributed by atoms with Crippen LogP contribution in [-0.2, 0) is 4.79 Å². The Balaban J connectivity index is 2.39. The molecule has 2 atom stereocenters. The lowest BCUT2D eigenvalue weighted by Gasteiger charge is -2.34. The van der Waals surface area contributed by atoms with Crippen LogP contribution < -0.4 is 15.4 Å². The van der Waals surface area contributed by atoms with E-state index in [1.54, 1.807) is 11.0 Å². The second-order valence-electron chi connectivity index (χ2n) is 5.37. The fourth-order valence-corrected chi connectivity index (χ4v) is 2.62. The minimum absolute atomic E-state index is 0.00823. The van der Waals surface area contributed by atoms with Crippen molar-refractivity contribution in [1.82, 2.24) is 0 Å². The molecule has 4 nitrogen and oxygen atoms in total. The third kappa shape index (κ3) is 3.10. The van der Waals surface area contributed by atoms with Crippen molar-refractivity contribution in [1.29, 1.82) is 0 Å². The van der Waals surface area contributed by atoms with Crippen LogP contribution in [0.1, 0.15) is 44.7 Å². The van der Waals surface area contributed by atoms with Gasteiger partial charge in [-0.05, 0) is 30.5 Å². The van der Waals surface area contributed by atoms with Gasteiger partial charge in [-0.15, -0.1) is 6.58 Å². The van der Waals surface area contributed by atoms with Gasteiger partial charge in [-0.2, -0.15) is 0 Å². The molecule has 1 aliphatic rings. The van der Waals surface area contributed by atoms with E-state index in [1.807, 2.05) is 25.1 Å². The maximum atomic E-state index is 12.4. The smallest absolute Gasteiger partial charge is 0.268 e. The topological polar surface area (TPSA) is 55.6 Å². The van der Waals surface area contributed by atoms with Crippen molar-refractivity contribution in [3.63, 3.8) is 0 Å². The number of nitrogens with two attached hydrogens (primary N) is 1. The van der Waals surface area contributed by atoms with Gasteiger partial charge in [-0.25, -0.2) is 0 Å². The molecule has 0 fully saturated rings. The van der Waals surface area contributed by atoms with Crippen molar-refractivity contribution >= 4 is 11.6 Å². The minimum atomic E-state index is -0.410. The van der Waals surface area contributed by atoms with Crippen LogP contribution in [0, 0.1) is 0 Å². The molecule has 0 aliphatic carbocycles. The third-order valence-corrected chi connectivity index (χ3v) is 3.79. The van der Waals surface area contributed by atoms with Crippen LogP contribution in [0.3, 0.4) is 0 Å². The quantitative estimate of drug-likeness (QED) is 0.818. The predicted molar refractivity (Wildman–Crippen MR) is 85.5 cm³/mol. The highest BCUT2D eigenvalue weighted by atomic mass is 16.5. The summed E-state index contributed by atoms with van der Waals surface area (Å²) in [5.41, 5.74) is 8.02. The van der Waals surface area contributed by atoms with Crippen molar-refractivity contribution in [3.05, 3.63) is 36.4 Å². The maximum absolute atomic E-state index is 12.4. The zero-order valence-electron chi connectivity index (χ0n) is 12.8. The SMILES string of the molecule is C=CCN1C(=O)C(CC)Oc2ccc(C(N)CCC)cc21. The van der Waals surface area contributed by atoms with Crippen molar-refractivity contribution in [2.45, 2.75) is 45.3 Å². The molecule has 114 valence electrons. The number of carbonyl (C=O) groups is 1. The standard InChI is InChI=1S/C17H24N2O2/c1-4-7-13(18)12-8-9-16-14(11-12)19(10-5-2)17(20)15(6-3)21-16/h5,8-9,11,13,15H,2,4,6-7,10,18H2,1,3H3. The third-order valence-electron chi connectivity index (χ3n) is 3.79. The number of anilines is 1. The lowest BCUT2D eigenvalue weighted by molar-refractivity contribution is -0.126. The van der Waals surface area contributed by atoms with Crippen LogP contribution in [0.5, 0.6) is 5.75 Å². The molecule has 2 rings (SSSR count). The second kappa shape index (κ2) is 6.76. The largest absolute Gasteiger partial charge is 0.478 e. The summed E-state index contributed by atoms with van der Waals surface area (Å²) in [4.78, 5) is 14.2. The van der Waals surface area contributed by atoms with E-state index in [1.165, 1.54) is 0 Å². The van der Waals surface area contributed by atoms with Gasteiger partial charge >= 0.3 is 0 Å². The summed E-state index contributed by atoms with van der Waals surface area (Å²) in [6.45, 7) is 8.29. The Labute approximate surface area is 126 Å². The summed E-state index contributed by atoms with van der Waals surface area (Å²) in [6.07, 6.45) is 3.93. The zero-order valence-corrected chi connectivity index (χ0v) is 12.8. The molecule has 4 heteroatoms. The Morgan fingerprint density at radius 1 is 1.48 bits per heavy atom. The van der Waals surface area contributed by atoms with Crippen molar-refractivity contribution in [2.24, 2.45) is 5.73 Å². The molecule has 0 spiro atoms. The van der Waals surface area contributed by atoms with E-state index in [0.717, 1.165) is 29.8 Å². The summed E-state index contributed by atoms with van der Waals surface area (Å²) in [5, 5.41) is 0. The molecule has 2 unspecified atom stereocenters. The van der Waals surface area contributed by atoms with Gasteiger partial charge in [-0.3, -0.25) is 4.79 Å². The highest BCUT2D eigenvalue weighted by Crippen LogP contribution is 2.37. The van der Waals surface area contributed by atoms with Crippen LogP contribution in [0.25, 0.3) is 0 Å². The normalized spacial score (nSPS) is 18.9. The van der Waals surface area contributed by atoms with E-state index in [-0.39, 0.29) is 11.9 Å². The lowest BCUT2D eigenvalue weighted by atomic mass is 10.0. The first-order chi connectivity index (χ1) is 10.1. The average Bonchev–Trinajstić information content (AvgIpc) is 2.49. The molecule has 1 heterocycles. The Kier molecular flexibility index (Phi) is 5.02. The number of hydrogen-bond acceptors (Lipinski definition) is 3. The van der Waals surface area contributed by atoms with Gasteiger partial charge in [0.25, 0.3) is 5.91 Å². The monoisotopic (exact) mass is 288 g/mol. The Morgan fingerprint density at radius 3 is 2.86 bits per heavy atom. The number of rotatable bonds is 6. The maximum Gasteiger partial charge on any atom is 0.268 e. The van der Waals surface area contributed by atoms with Crippen LogP contribution in [0.15, 0.2) is 30.9 Å². The second-order valence-corrected chi connectivity index (χ2v) is 5.37. The molecule has 2 N–H and O–H groups in total. The van der Waals surface area contributed by atoms with Crippen LogP contribution >= 0.6 is 0 Å². The molecule has 0 radical (unpaired) electrons. The van der Waals surface area contributed by atoms with Gasteiger partial charge in [0.2, 0.25) is 0 Å².